The Morgan fingerprint density at radius 3 is 2.73 bits per heavy atom. The molecule has 0 radical (unpaired) electrons. The number of nitrogens with zero attached hydrogens (tertiary/aromatic N) is 1. The van der Waals surface area contributed by atoms with Crippen LogP contribution in [0.1, 0.15) is 17.2 Å². The molecule has 0 saturated heterocycles. The standard InChI is InChI=1S/C21H19NO4/c23-21-18-11-16(24-13-15-5-2-1-3-6-15)8-9-19(18)25-14-20(21)26-17-7-4-10-22-12-17/h1-12,20-21,23H,13-14H2/t20-,21+/m0/s1. The fourth-order valence-corrected chi connectivity index (χ4v) is 2.87. The molecule has 2 atom stereocenters. The van der Waals surface area contributed by atoms with E-state index in [1.54, 1.807) is 24.5 Å². The molecule has 0 fully saturated rings. The molecule has 3 aromatic rings. The molecule has 2 heterocycles. The van der Waals surface area contributed by atoms with Crippen LogP contribution in [0.5, 0.6) is 17.2 Å². The summed E-state index contributed by atoms with van der Waals surface area (Å²) in [6, 6.07) is 19.0. The lowest BCUT2D eigenvalue weighted by molar-refractivity contribution is -0.0106. The van der Waals surface area contributed by atoms with E-state index in [0.717, 1.165) is 5.56 Å². The van der Waals surface area contributed by atoms with Crippen LogP contribution in [0.2, 0.25) is 0 Å². The quantitative estimate of drug-likeness (QED) is 0.763. The van der Waals surface area contributed by atoms with Crippen LogP contribution >= 0.6 is 0 Å². The van der Waals surface area contributed by atoms with Gasteiger partial charge >= 0.3 is 0 Å². The van der Waals surface area contributed by atoms with Gasteiger partial charge in [0.1, 0.15) is 36.6 Å². The van der Waals surface area contributed by atoms with E-state index in [4.69, 9.17) is 14.2 Å². The second-order valence-electron chi connectivity index (χ2n) is 6.07. The number of hydrogen-bond acceptors (Lipinski definition) is 5. The normalized spacial score (nSPS) is 18.5. The molecule has 132 valence electrons. The molecule has 0 saturated carbocycles. The van der Waals surface area contributed by atoms with E-state index in [1.165, 1.54) is 0 Å². The first-order valence-corrected chi connectivity index (χ1v) is 8.48. The average molecular weight is 349 g/mol. The molecule has 4 rings (SSSR count). The zero-order valence-corrected chi connectivity index (χ0v) is 14.1. The molecular weight excluding hydrogens is 330 g/mol. The van der Waals surface area contributed by atoms with Gasteiger partial charge in [-0.2, -0.15) is 0 Å². The van der Waals surface area contributed by atoms with Gasteiger partial charge in [0.15, 0.2) is 6.10 Å². The molecule has 0 spiro atoms. The third kappa shape index (κ3) is 3.63. The van der Waals surface area contributed by atoms with Crippen molar-refractivity contribution in [2.45, 2.75) is 18.8 Å². The number of aliphatic hydroxyl groups excluding tert-OH is 1. The minimum atomic E-state index is -0.806. The lowest BCUT2D eigenvalue weighted by atomic mass is 10.0. The number of hydrogen-bond donors (Lipinski definition) is 1. The van der Waals surface area contributed by atoms with Crippen molar-refractivity contribution in [3.05, 3.63) is 84.2 Å². The topological polar surface area (TPSA) is 60.8 Å². The summed E-state index contributed by atoms with van der Waals surface area (Å²) in [6.45, 7) is 0.736. The Kier molecular flexibility index (Phi) is 4.71. The van der Waals surface area contributed by atoms with Crippen molar-refractivity contribution in [2.75, 3.05) is 6.61 Å². The number of rotatable bonds is 5. The van der Waals surface area contributed by atoms with Crippen LogP contribution in [-0.2, 0) is 6.61 Å². The largest absolute Gasteiger partial charge is 0.489 e. The Hall–Kier alpha value is -3.05. The molecule has 5 nitrogen and oxygen atoms in total. The summed E-state index contributed by atoms with van der Waals surface area (Å²) >= 11 is 0. The second-order valence-corrected chi connectivity index (χ2v) is 6.07. The summed E-state index contributed by atoms with van der Waals surface area (Å²) in [4.78, 5) is 4.02. The van der Waals surface area contributed by atoms with Gasteiger partial charge in [-0.1, -0.05) is 30.3 Å². The summed E-state index contributed by atoms with van der Waals surface area (Å²) < 4.78 is 17.4. The van der Waals surface area contributed by atoms with Crippen molar-refractivity contribution in [1.82, 2.24) is 4.98 Å². The van der Waals surface area contributed by atoms with E-state index in [-0.39, 0.29) is 6.61 Å². The van der Waals surface area contributed by atoms with Gasteiger partial charge in [0, 0.05) is 11.8 Å². The lowest BCUT2D eigenvalue weighted by Crippen LogP contribution is -2.35. The Bertz CT molecular complexity index is 854. The van der Waals surface area contributed by atoms with Gasteiger partial charge in [-0.15, -0.1) is 0 Å². The van der Waals surface area contributed by atoms with Gasteiger partial charge in [0.05, 0.1) is 6.20 Å². The fourth-order valence-electron chi connectivity index (χ4n) is 2.87. The van der Waals surface area contributed by atoms with E-state index in [1.807, 2.05) is 48.5 Å². The first-order chi connectivity index (χ1) is 12.8. The van der Waals surface area contributed by atoms with Gasteiger partial charge in [-0.3, -0.25) is 4.98 Å². The molecule has 0 aliphatic carbocycles. The first kappa shape index (κ1) is 16.4. The lowest BCUT2D eigenvalue weighted by Gasteiger charge is -2.30. The third-order valence-electron chi connectivity index (χ3n) is 4.23. The van der Waals surface area contributed by atoms with E-state index in [0.29, 0.717) is 29.4 Å². The van der Waals surface area contributed by atoms with Crippen molar-refractivity contribution >= 4 is 0 Å². The van der Waals surface area contributed by atoms with Crippen LogP contribution in [-0.4, -0.2) is 22.8 Å². The van der Waals surface area contributed by atoms with E-state index >= 15 is 0 Å². The number of fused-ring (bicyclic) bond motifs is 1. The zero-order valence-electron chi connectivity index (χ0n) is 14.1. The fraction of sp³-hybridized carbons (Fsp3) is 0.190. The Balaban J connectivity index is 1.48. The predicted molar refractivity (Wildman–Crippen MR) is 96.3 cm³/mol. The van der Waals surface area contributed by atoms with Gasteiger partial charge in [-0.05, 0) is 35.9 Å². The highest BCUT2D eigenvalue weighted by Gasteiger charge is 2.31. The minimum Gasteiger partial charge on any atom is -0.489 e. The molecule has 1 aliphatic rings. The highest BCUT2D eigenvalue weighted by Crippen LogP contribution is 2.36. The SMILES string of the molecule is O[C@@H]1c2cc(OCc3ccccc3)ccc2OC[C@@H]1Oc1cccnc1. The van der Waals surface area contributed by atoms with Crippen molar-refractivity contribution in [1.29, 1.82) is 0 Å². The smallest absolute Gasteiger partial charge is 0.163 e. The number of aromatic nitrogens is 1. The average Bonchev–Trinajstić information content (AvgIpc) is 2.70. The maximum atomic E-state index is 10.7. The molecule has 1 aromatic heterocycles. The first-order valence-electron chi connectivity index (χ1n) is 8.48. The van der Waals surface area contributed by atoms with Crippen molar-refractivity contribution in [3.8, 4) is 17.2 Å². The van der Waals surface area contributed by atoms with Gasteiger partial charge in [0.25, 0.3) is 0 Å². The van der Waals surface area contributed by atoms with Crippen LogP contribution in [0.25, 0.3) is 0 Å². The molecule has 0 unspecified atom stereocenters. The summed E-state index contributed by atoms with van der Waals surface area (Å²) in [5.74, 6) is 1.92. The Morgan fingerprint density at radius 2 is 1.92 bits per heavy atom. The van der Waals surface area contributed by atoms with E-state index < -0.39 is 12.2 Å². The summed E-state index contributed by atoms with van der Waals surface area (Å²) in [7, 11) is 0. The molecular formula is C21H19NO4. The van der Waals surface area contributed by atoms with Crippen LogP contribution in [0.15, 0.2) is 73.1 Å². The predicted octanol–water partition coefficient (Wildman–Crippen LogP) is 3.53. The van der Waals surface area contributed by atoms with E-state index in [2.05, 4.69) is 4.98 Å². The monoisotopic (exact) mass is 349 g/mol. The molecule has 0 amide bonds. The van der Waals surface area contributed by atoms with Gasteiger partial charge < -0.3 is 19.3 Å². The van der Waals surface area contributed by atoms with Crippen LogP contribution in [0.4, 0.5) is 0 Å². The number of benzene rings is 2. The molecule has 26 heavy (non-hydrogen) atoms. The molecule has 0 bridgehead atoms. The van der Waals surface area contributed by atoms with Gasteiger partial charge in [-0.25, -0.2) is 0 Å². The summed E-state index contributed by atoms with van der Waals surface area (Å²) in [5.41, 5.74) is 1.75. The van der Waals surface area contributed by atoms with Crippen molar-refractivity contribution < 1.29 is 19.3 Å². The number of aliphatic hydroxyl groups is 1. The van der Waals surface area contributed by atoms with Crippen LogP contribution < -0.4 is 14.2 Å². The van der Waals surface area contributed by atoms with Crippen LogP contribution in [0.3, 0.4) is 0 Å². The van der Waals surface area contributed by atoms with Gasteiger partial charge in [0.2, 0.25) is 0 Å². The minimum absolute atomic E-state index is 0.271. The van der Waals surface area contributed by atoms with Crippen LogP contribution in [0, 0.1) is 0 Å². The summed E-state index contributed by atoms with van der Waals surface area (Å²) in [6.07, 6.45) is 1.98. The Labute approximate surface area is 151 Å². The molecule has 5 heteroatoms. The van der Waals surface area contributed by atoms with Crippen molar-refractivity contribution in [3.63, 3.8) is 0 Å². The Morgan fingerprint density at radius 1 is 1.04 bits per heavy atom. The molecule has 1 aliphatic heterocycles. The second kappa shape index (κ2) is 7.45. The highest BCUT2D eigenvalue weighted by molar-refractivity contribution is 5.43. The molecule has 2 aromatic carbocycles. The molecule has 1 N–H and O–H groups in total. The van der Waals surface area contributed by atoms with Crippen molar-refractivity contribution in [2.24, 2.45) is 0 Å². The number of ether oxygens (including phenoxy) is 3. The summed E-state index contributed by atoms with van der Waals surface area (Å²) in [5, 5.41) is 10.7. The number of pyridine rings is 1. The highest BCUT2D eigenvalue weighted by atomic mass is 16.5. The maximum absolute atomic E-state index is 10.7. The zero-order chi connectivity index (χ0) is 17.8. The third-order valence-corrected chi connectivity index (χ3v) is 4.23. The maximum Gasteiger partial charge on any atom is 0.163 e. The van der Waals surface area contributed by atoms with E-state index in [9.17, 15) is 5.11 Å².